The molecule has 1 aromatic heterocycles. The van der Waals surface area contributed by atoms with Gasteiger partial charge in [-0.2, -0.15) is 0 Å². The fourth-order valence-electron chi connectivity index (χ4n) is 2.28. The van der Waals surface area contributed by atoms with Gasteiger partial charge in [-0.05, 0) is 44.2 Å². The maximum atomic E-state index is 13.5. The van der Waals surface area contributed by atoms with E-state index in [0.29, 0.717) is 17.0 Å². The molecule has 20 heavy (non-hydrogen) atoms. The van der Waals surface area contributed by atoms with E-state index in [1.807, 2.05) is 13.8 Å². The van der Waals surface area contributed by atoms with Crippen molar-refractivity contribution in [3.63, 3.8) is 0 Å². The molecule has 1 aromatic carbocycles. The van der Waals surface area contributed by atoms with Crippen LogP contribution in [0, 0.1) is 5.82 Å². The standard InChI is InChI=1S/C15H16FNO3/c1-9(2)17-12(5-6-13(17)15(18)19)11-8-10(16)4-7-14(11)20-3/h4-9H,1-3H3,(H,18,19). The van der Waals surface area contributed by atoms with Gasteiger partial charge in [-0.25, -0.2) is 9.18 Å². The Morgan fingerprint density at radius 1 is 1.30 bits per heavy atom. The first-order valence-electron chi connectivity index (χ1n) is 6.24. The van der Waals surface area contributed by atoms with Crippen LogP contribution >= 0.6 is 0 Å². The maximum Gasteiger partial charge on any atom is 0.352 e. The van der Waals surface area contributed by atoms with Crippen molar-refractivity contribution in [2.45, 2.75) is 19.9 Å². The second-order valence-electron chi connectivity index (χ2n) is 4.72. The molecule has 1 heterocycles. The largest absolute Gasteiger partial charge is 0.496 e. The molecule has 0 radical (unpaired) electrons. The van der Waals surface area contributed by atoms with Crippen LogP contribution in [0.15, 0.2) is 30.3 Å². The highest BCUT2D eigenvalue weighted by Crippen LogP contribution is 2.34. The van der Waals surface area contributed by atoms with Crippen LogP contribution in [0.2, 0.25) is 0 Å². The highest BCUT2D eigenvalue weighted by molar-refractivity contribution is 5.88. The lowest BCUT2D eigenvalue weighted by Gasteiger charge is -2.17. The SMILES string of the molecule is COc1ccc(F)cc1-c1ccc(C(=O)O)n1C(C)C. The molecule has 5 heteroatoms. The van der Waals surface area contributed by atoms with Crippen LogP contribution in [-0.2, 0) is 0 Å². The third-order valence-corrected chi connectivity index (χ3v) is 3.09. The van der Waals surface area contributed by atoms with Crippen molar-refractivity contribution in [2.75, 3.05) is 7.11 Å². The Kier molecular flexibility index (Phi) is 3.79. The summed E-state index contributed by atoms with van der Waals surface area (Å²) >= 11 is 0. The molecule has 106 valence electrons. The molecule has 0 aliphatic carbocycles. The molecule has 0 saturated carbocycles. The second kappa shape index (κ2) is 5.36. The van der Waals surface area contributed by atoms with Crippen LogP contribution in [0.25, 0.3) is 11.3 Å². The molecule has 0 saturated heterocycles. The molecule has 0 spiro atoms. The highest BCUT2D eigenvalue weighted by Gasteiger charge is 2.19. The molecule has 0 bridgehead atoms. The van der Waals surface area contributed by atoms with Crippen LogP contribution in [0.3, 0.4) is 0 Å². The van der Waals surface area contributed by atoms with Crippen molar-refractivity contribution in [1.29, 1.82) is 0 Å². The minimum absolute atomic E-state index is 0.0703. The quantitative estimate of drug-likeness (QED) is 0.929. The Bertz CT molecular complexity index is 647. The number of carboxylic acids is 1. The number of carbonyl (C=O) groups is 1. The molecule has 0 aliphatic rings. The van der Waals surface area contributed by atoms with E-state index in [9.17, 15) is 14.3 Å². The molecule has 0 amide bonds. The molecule has 0 atom stereocenters. The van der Waals surface area contributed by atoms with E-state index in [2.05, 4.69) is 0 Å². The molecule has 1 N–H and O–H groups in total. The van der Waals surface area contributed by atoms with Gasteiger partial charge in [0.05, 0.1) is 12.8 Å². The first-order valence-corrected chi connectivity index (χ1v) is 6.24. The maximum absolute atomic E-state index is 13.5. The number of ether oxygens (including phenoxy) is 1. The van der Waals surface area contributed by atoms with E-state index in [1.165, 1.54) is 31.4 Å². The number of hydrogen-bond donors (Lipinski definition) is 1. The van der Waals surface area contributed by atoms with E-state index < -0.39 is 11.8 Å². The molecule has 2 aromatic rings. The lowest BCUT2D eigenvalue weighted by atomic mass is 10.1. The Hall–Kier alpha value is -2.30. The van der Waals surface area contributed by atoms with Gasteiger partial charge in [-0.3, -0.25) is 0 Å². The van der Waals surface area contributed by atoms with Crippen LogP contribution in [0.5, 0.6) is 5.75 Å². The second-order valence-corrected chi connectivity index (χ2v) is 4.72. The van der Waals surface area contributed by atoms with E-state index in [4.69, 9.17) is 4.74 Å². The normalized spacial score (nSPS) is 10.8. The van der Waals surface area contributed by atoms with Gasteiger partial charge in [0.25, 0.3) is 0 Å². The van der Waals surface area contributed by atoms with Gasteiger partial charge in [0, 0.05) is 11.6 Å². The van der Waals surface area contributed by atoms with Gasteiger partial charge < -0.3 is 14.4 Å². The first-order chi connectivity index (χ1) is 9.45. The first kappa shape index (κ1) is 14.1. The summed E-state index contributed by atoms with van der Waals surface area (Å²) in [5.74, 6) is -0.905. The van der Waals surface area contributed by atoms with E-state index in [-0.39, 0.29) is 11.7 Å². The Morgan fingerprint density at radius 3 is 2.55 bits per heavy atom. The Balaban J connectivity index is 2.70. The number of hydrogen-bond acceptors (Lipinski definition) is 2. The number of nitrogens with zero attached hydrogens (tertiary/aromatic N) is 1. The summed E-state index contributed by atoms with van der Waals surface area (Å²) in [5, 5.41) is 9.23. The van der Waals surface area contributed by atoms with Crippen LogP contribution in [0.4, 0.5) is 4.39 Å². The van der Waals surface area contributed by atoms with Gasteiger partial charge in [0.1, 0.15) is 17.3 Å². The van der Waals surface area contributed by atoms with Gasteiger partial charge in [-0.1, -0.05) is 0 Å². The summed E-state index contributed by atoms with van der Waals surface area (Å²) in [6.07, 6.45) is 0. The van der Waals surface area contributed by atoms with E-state index in [1.54, 1.807) is 10.6 Å². The van der Waals surface area contributed by atoms with Crippen molar-refractivity contribution in [3.8, 4) is 17.0 Å². The minimum atomic E-state index is -1.01. The fourth-order valence-corrected chi connectivity index (χ4v) is 2.28. The van der Waals surface area contributed by atoms with Crippen molar-refractivity contribution in [1.82, 2.24) is 4.57 Å². The summed E-state index contributed by atoms with van der Waals surface area (Å²) in [7, 11) is 1.50. The zero-order chi connectivity index (χ0) is 14.9. The number of benzene rings is 1. The number of aromatic nitrogens is 1. The molecule has 4 nitrogen and oxygen atoms in total. The van der Waals surface area contributed by atoms with Crippen molar-refractivity contribution in [3.05, 3.63) is 41.8 Å². The number of rotatable bonds is 4. The van der Waals surface area contributed by atoms with Crippen LogP contribution < -0.4 is 4.74 Å². The molecular formula is C15H16FNO3. The third kappa shape index (κ3) is 2.39. The average molecular weight is 277 g/mol. The zero-order valence-corrected chi connectivity index (χ0v) is 11.6. The van der Waals surface area contributed by atoms with Gasteiger partial charge in [0.2, 0.25) is 0 Å². The average Bonchev–Trinajstić information content (AvgIpc) is 2.83. The number of aromatic carboxylic acids is 1. The Labute approximate surface area is 116 Å². The zero-order valence-electron chi connectivity index (χ0n) is 11.6. The smallest absolute Gasteiger partial charge is 0.352 e. The monoisotopic (exact) mass is 277 g/mol. The molecular weight excluding hydrogens is 261 g/mol. The Morgan fingerprint density at radius 2 is 2.00 bits per heavy atom. The molecule has 0 fully saturated rings. The topological polar surface area (TPSA) is 51.5 Å². The number of methoxy groups -OCH3 is 1. The molecule has 0 unspecified atom stereocenters. The highest BCUT2D eigenvalue weighted by atomic mass is 19.1. The fraction of sp³-hybridized carbons (Fsp3) is 0.267. The summed E-state index contributed by atoms with van der Waals surface area (Å²) in [6, 6.07) is 7.30. The minimum Gasteiger partial charge on any atom is -0.496 e. The number of halogens is 1. The predicted octanol–water partition coefficient (Wildman–Crippen LogP) is 3.58. The summed E-state index contributed by atoms with van der Waals surface area (Å²) in [6.45, 7) is 3.75. The van der Waals surface area contributed by atoms with E-state index in [0.717, 1.165) is 0 Å². The summed E-state index contributed by atoms with van der Waals surface area (Å²) < 4.78 is 20.4. The van der Waals surface area contributed by atoms with Gasteiger partial charge in [-0.15, -0.1) is 0 Å². The lowest BCUT2D eigenvalue weighted by Crippen LogP contribution is -2.12. The molecule has 0 aliphatic heterocycles. The van der Waals surface area contributed by atoms with Crippen LogP contribution in [0.1, 0.15) is 30.4 Å². The van der Waals surface area contributed by atoms with Crippen molar-refractivity contribution >= 4 is 5.97 Å². The van der Waals surface area contributed by atoms with Gasteiger partial charge in [0.15, 0.2) is 0 Å². The van der Waals surface area contributed by atoms with Crippen LogP contribution in [-0.4, -0.2) is 22.8 Å². The van der Waals surface area contributed by atoms with E-state index >= 15 is 0 Å². The lowest BCUT2D eigenvalue weighted by molar-refractivity contribution is 0.0683. The summed E-state index contributed by atoms with van der Waals surface area (Å²) in [4.78, 5) is 11.3. The third-order valence-electron chi connectivity index (χ3n) is 3.09. The van der Waals surface area contributed by atoms with Crippen molar-refractivity contribution < 1.29 is 19.0 Å². The summed E-state index contributed by atoms with van der Waals surface area (Å²) in [5.41, 5.74) is 1.32. The van der Waals surface area contributed by atoms with Crippen molar-refractivity contribution in [2.24, 2.45) is 0 Å². The number of carboxylic acid groups (broad SMARTS) is 1. The van der Waals surface area contributed by atoms with Gasteiger partial charge >= 0.3 is 5.97 Å². The molecule has 2 rings (SSSR count). The predicted molar refractivity (Wildman–Crippen MR) is 73.7 cm³/mol.